The molecule has 0 aliphatic carbocycles. The minimum Gasteiger partial charge on any atom is -0.481 e. The third-order valence-electron chi connectivity index (χ3n) is 4.35. The van der Waals surface area contributed by atoms with Crippen LogP contribution in [-0.2, 0) is 13.6 Å². The molecule has 0 saturated carbocycles. The van der Waals surface area contributed by atoms with Gasteiger partial charge in [0.05, 0.1) is 13.3 Å². The highest BCUT2D eigenvalue weighted by molar-refractivity contribution is 5.80. The first kappa shape index (κ1) is 16.3. The van der Waals surface area contributed by atoms with E-state index in [0.717, 1.165) is 31.0 Å². The molecule has 7 heteroatoms. The second kappa shape index (κ2) is 7.33. The smallest absolute Gasteiger partial charge is 0.213 e. The first-order valence-electron chi connectivity index (χ1n) is 8.12. The van der Waals surface area contributed by atoms with Crippen molar-refractivity contribution >= 4 is 5.96 Å². The van der Waals surface area contributed by atoms with Gasteiger partial charge in [0.2, 0.25) is 5.88 Å². The number of pyridine rings is 1. The Balaban J connectivity index is 1.59. The van der Waals surface area contributed by atoms with Crippen LogP contribution in [0.2, 0.25) is 0 Å². The molecule has 2 aromatic heterocycles. The Kier molecular flexibility index (Phi) is 4.98. The highest BCUT2D eigenvalue weighted by Crippen LogP contribution is 2.26. The van der Waals surface area contributed by atoms with Gasteiger partial charge in [0.15, 0.2) is 5.96 Å². The number of aromatic nitrogens is 3. The van der Waals surface area contributed by atoms with E-state index in [9.17, 15) is 0 Å². The number of ether oxygens (including phenoxy) is 1. The van der Waals surface area contributed by atoms with E-state index < -0.39 is 0 Å². The minimum atomic E-state index is 0.512. The molecule has 1 saturated heterocycles. The normalized spacial score (nSPS) is 18.0. The zero-order valence-corrected chi connectivity index (χ0v) is 14.4. The standard InChI is InChI=1S/C17H24N6O/c1-18-17(20-9-13-4-6-19-16(8-13)24-3)23-7-5-14(12-23)15-10-21-22(2)11-15/h4,6,8,10-11,14H,5,7,9,12H2,1-3H3,(H,18,20). The Bertz CT molecular complexity index is 711. The molecule has 0 spiro atoms. The lowest BCUT2D eigenvalue weighted by atomic mass is 10.0. The van der Waals surface area contributed by atoms with Crippen LogP contribution in [-0.4, -0.2) is 52.9 Å². The predicted molar refractivity (Wildman–Crippen MR) is 93.1 cm³/mol. The summed E-state index contributed by atoms with van der Waals surface area (Å²) in [5.41, 5.74) is 2.42. The van der Waals surface area contributed by atoms with Crippen molar-refractivity contribution in [3.8, 4) is 5.88 Å². The molecule has 0 radical (unpaired) electrons. The van der Waals surface area contributed by atoms with Crippen LogP contribution in [0.1, 0.15) is 23.5 Å². The molecule has 3 rings (SSSR count). The zero-order valence-electron chi connectivity index (χ0n) is 14.4. The van der Waals surface area contributed by atoms with Crippen LogP contribution >= 0.6 is 0 Å². The lowest BCUT2D eigenvalue weighted by molar-refractivity contribution is 0.397. The molecule has 2 aromatic rings. The molecule has 128 valence electrons. The van der Waals surface area contributed by atoms with E-state index in [1.165, 1.54) is 5.56 Å². The molecule has 0 aromatic carbocycles. The van der Waals surface area contributed by atoms with Gasteiger partial charge in [0, 0.05) is 58.1 Å². The summed E-state index contributed by atoms with van der Waals surface area (Å²) in [7, 11) is 5.41. The summed E-state index contributed by atoms with van der Waals surface area (Å²) < 4.78 is 7.03. The number of aliphatic imine (C=N–C) groups is 1. The van der Waals surface area contributed by atoms with E-state index in [1.54, 1.807) is 13.3 Å². The number of nitrogens with one attached hydrogen (secondary N) is 1. The molecule has 0 bridgehead atoms. The molecular formula is C17H24N6O. The fourth-order valence-electron chi connectivity index (χ4n) is 3.06. The number of likely N-dealkylation sites (tertiary alicyclic amines) is 1. The van der Waals surface area contributed by atoms with Crippen LogP contribution in [0.4, 0.5) is 0 Å². The van der Waals surface area contributed by atoms with Crippen LogP contribution in [0, 0.1) is 0 Å². The SMILES string of the molecule is CN=C(NCc1ccnc(OC)c1)N1CCC(c2cnn(C)c2)C1. The van der Waals surface area contributed by atoms with Crippen molar-refractivity contribution in [2.45, 2.75) is 18.9 Å². The van der Waals surface area contributed by atoms with E-state index >= 15 is 0 Å². The summed E-state index contributed by atoms with van der Waals surface area (Å²) in [6.45, 7) is 2.66. The van der Waals surface area contributed by atoms with Gasteiger partial charge in [-0.25, -0.2) is 4.98 Å². The van der Waals surface area contributed by atoms with Crippen molar-refractivity contribution in [2.75, 3.05) is 27.2 Å². The summed E-state index contributed by atoms with van der Waals surface area (Å²) >= 11 is 0. The number of nitrogens with zero attached hydrogens (tertiary/aromatic N) is 5. The lowest BCUT2D eigenvalue weighted by Crippen LogP contribution is -2.39. The Morgan fingerprint density at radius 1 is 1.50 bits per heavy atom. The topological polar surface area (TPSA) is 67.6 Å². The number of rotatable bonds is 4. The lowest BCUT2D eigenvalue weighted by Gasteiger charge is -2.21. The number of methoxy groups -OCH3 is 1. The Hall–Kier alpha value is -2.57. The quantitative estimate of drug-likeness (QED) is 0.678. The van der Waals surface area contributed by atoms with Crippen molar-refractivity contribution in [1.82, 2.24) is 25.0 Å². The van der Waals surface area contributed by atoms with Crippen LogP contribution < -0.4 is 10.1 Å². The average molecular weight is 328 g/mol. The maximum Gasteiger partial charge on any atom is 0.213 e. The Morgan fingerprint density at radius 3 is 3.08 bits per heavy atom. The molecule has 1 N–H and O–H groups in total. The molecule has 24 heavy (non-hydrogen) atoms. The number of hydrogen-bond acceptors (Lipinski definition) is 4. The van der Waals surface area contributed by atoms with Crippen molar-refractivity contribution < 1.29 is 4.74 Å². The summed E-state index contributed by atoms with van der Waals surface area (Å²) in [6.07, 6.45) is 6.95. The van der Waals surface area contributed by atoms with Gasteiger partial charge < -0.3 is 15.0 Å². The fraction of sp³-hybridized carbons (Fsp3) is 0.471. The average Bonchev–Trinajstić information content (AvgIpc) is 3.25. The van der Waals surface area contributed by atoms with Crippen molar-refractivity contribution in [1.29, 1.82) is 0 Å². The van der Waals surface area contributed by atoms with Gasteiger partial charge in [-0.3, -0.25) is 9.67 Å². The highest BCUT2D eigenvalue weighted by Gasteiger charge is 2.26. The molecule has 3 heterocycles. The molecule has 1 aliphatic heterocycles. The van der Waals surface area contributed by atoms with Gasteiger partial charge in [-0.1, -0.05) is 0 Å². The molecule has 1 fully saturated rings. The molecule has 1 unspecified atom stereocenters. The summed E-state index contributed by atoms with van der Waals surface area (Å²) in [5.74, 6) is 2.07. The van der Waals surface area contributed by atoms with Crippen LogP contribution in [0.5, 0.6) is 5.88 Å². The van der Waals surface area contributed by atoms with Gasteiger partial charge in [-0.15, -0.1) is 0 Å². The number of hydrogen-bond donors (Lipinski definition) is 1. The van der Waals surface area contributed by atoms with E-state index in [1.807, 2.05) is 37.1 Å². The van der Waals surface area contributed by atoms with Crippen LogP contribution in [0.15, 0.2) is 35.7 Å². The van der Waals surface area contributed by atoms with Gasteiger partial charge in [-0.05, 0) is 23.6 Å². The molecule has 0 amide bonds. The van der Waals surface area contributed by atoms with E-state index in [2.05, 4.69) is 31.5 Å². The summed E-state index contributed by atoms with van der Waals surface area (Å²) in [5, 5.41) is 7.71. The van der Waals surface area contributed by atoms with Gasteiger partial charge in [0.1, 0.15) is 0 Å². The highest BCUT2D eigenvalue weighted by atomic mass is 16.5. The fourth-order valence-corrected chi connectivity index (χ4v) is 3.06. The van der Waals surface area contributed by atoms with E-state index in [0.29, 0.717) is 18.3 Å². The van der Waals surface area contributed by atoms with Crippen molar-refractivity contribution in [3.05, 3.63) is 41.9 Å². The minimum absolute atomic E-state index is 0.512. The number of aryl methyl sites for hydroxylation is 1. The Labute approximate surface area is 142 Å². The van der Waals surface area contributed by atoms with E-state index in [4.69, 9.17) is 4.74 Å². The number of guanidine groups is 1. The maximum absolute atomic E-state index is 5.17. The maximum atomic E-state index is 5.17. The largest absolute Gasteiger partial charge is 0.481 e. The summed E-state index contributed by atoms with van der Waals surface area (Å²) in [4.78, 5) is 10.9. The second-order valence-electron chi connectivity index (χ2n) is 5.99. The summed E-state index contributed by atoms with van der Waals surface area (Å²) in [6, 6.07) is 3.91. The molecular weight excluding hydrogens is 304 g/mol. The Morgan fingerprint density at radius 2 is 2.38 bits per heavy atom. The first-order chi connectivity index (χ1) is 11.7. The monoisotopic (exact) mass is 328 g/mol. The molecule has 1 aliphatic rings. The van der Waals surface area contributed by atoms with Crippen molar-refractivity contribution in [2.24, 2.45) is 12.0 Å². The zero-order chi connectivity index (χ0) is 16.9. The van der Waals surface area contributed by atoms with Crippen LogP contribution in [0.25, 0.3) is 0 Å². The third kappa shape index (κ3) is 3.67. The van der Waals surface area contributed by atoms with Gasteiger partial charge >= 0.3 is 0 Å². The van der Waals surface area contributed by atoms with Gasteiger partial charge in [-0.2, -0.15) is 5.10 Å². The van der Waals surface area contributed by atoms with Crippen molar-refractivity contribution in [3.63, 3.8) is 0 Å². The van der Waals surface area contributed by atoms with Gasteiger partial charge in [0.25, 0.3) is 0 Å². The molecule has 7 nitrogen and oxygen atoms in total. The van der Waals surface area contributed by atoms with E-state index in [-0.39, 0.29) is 0 Å². The second-order valence-corrected chi connectivity index (χ2v) is 5.99. The predicted octanol–water partition coefficient (Wildman–Crippen LogP) is 1.39. The first-order valence-corrected chi connectivity index (χ1v) is 8.12. The van der Waals surface area contributed by atoms with Crippen LogP contribution in [0.3, 0.4) is 0 Å². The third-order valence-corrected chi connectivity index (χ3v) is 4.35. The molecule has 1 atom stereocenters.